The van der Waals surface area contributed by atoms with Crippen LogP contribution in [0.4, 0.5) is 0 Å². The highest BCUT2D eigenvalue weighted by Crippen LogP contribution is 2.23. The van der Waals surface area contributed by atoms with Crippen molar-refractivity contribution < 1.29 is 5.11 Å². The fourth-order valence-corrected chi connectivity index (χ4v) is 1.97. The van der Waals surface area contributed by atoms with Crippen molar-refractivity contribution in [3.63, 3.8) is 0 Å². The smallest absolute Gasteiger partial charge is 0.124 e. The number of aromatic nitrogens is 2. The zero-order valence-electron chi connectivity index (χ0n) is 5.90. The number of rotatable bonds is 1. The first-order valence-electron chi connectivity index (χ1n) is 3.53. The topological polar surface area (TPSA) is 58.0 Å². The Labute approximate surface area is 68.3 Å². The zero-order valence-corrected chi connectivity index (χ0v) is 6.71. The molecule has 2 atom stereocenters. The van der Waals surface area contributed by atoms with E-state index in [0.29, 0.717) is 6.54 Å². The van der Waals surface area contributed by atoms with E-state index in [2.05, 4.69) is 15.5 Å². The van der Waals surface area contributed by atoms with E-state index >= 15 is 0 Å². The molecule has 2 rings (SSSR count). The summed E-state index contributed by atoms with van der Waals surface area (Å²) in [5.74, 6) is 0.155. The lowest BCUT2D eigenvalue weighted by Crippen LogP contribution is -2.15. The van der Waals surface area contributed by atoms with Gasteiger partial charge in [0.25, 0.3) is 0 Å². The molecule has 4 nitrogen and oxygen atoms in total. The Morgan fingerprint density at radius 3 is 3.09 bits per heavy atom. The first-order chi connectivity index (χ1) is 5.38. The number of aliphatic hydroxyl groups is 1. The summed E-state index contributed by atoms with van der Waals surface area (Å²) in [5, 5.41) is 21.1. The van der Waals surface area contributed by atoms with E-state index in [4.69, 9.17) is 0 Å². The highest BCUT2D eigenvalue weighted by Gasteiger charge is 2.28. The molecule has 11 heavy (non-hydrogen) atoms. The Morgan fingerprint density at radius 2 is 2.55 bits per heavy atom. The fourth-order valence-electron chi connectivity index (χ4n) is 1.26. The van der Waals surface area contributed by atoms with Crippen LogP contribution in [-0.4, -0.2) is 34.5 Å². The maximum Gasteiger partial charge on any atom is 0.124 e. The molecule has 1 aromatic rings. The highest BCUT2D eigenvalue weighted by atomic mass is 32.1. The van der Waals surface area contributed by atoms with Crippen molar-refractivity contribution in [2.45, 2.75) is 12.0 Å². The molecule has 0 spiro atoms. The summed E-state index contributed by atoms with van der Waals surface area (Å²) in [4.78, 5) is 0. The van der Waals surface area contributed by atoms with Gasteiger partial charge in [-0.25, -0.2) is 0 Å². The molecule has 1 aliphatic heterocycles. The second kappa shape index (κ2) is 2.84. The minimum Gasteiger partial charge on any atom is -0.391 e. The third kappa shape index (κ3) is 1.26. The quantitative estimate of drug-likeness (QED) is 0.603. The molecule has 1 aliphatic rings. The number of hydrogen-bond acceptors (Lipinski definition) is 5. The predicted molar refractivity (Wildman–Crippen MR) is 41.5 cm³/mol. The van der Waals surface area contributed by atoms with E-state index in [1.807, 2.05) is 0 Å². The van der Waals surface area contributed by atoms with E-state index < -0.39 is 0 Å². The average molecular weight is 171 g/mol. The molecular weight excluding hydrogens is 162 g/mol. The van der Waals surface area contributed by atoms with E-state index in [0.717, 1.165) is 11.6 Å². The van der Waals surface area contributed by atoms with Crippen LogP contribution in [0.3, 0.4) is 0 Å². The summed E-state index contributed by atoms with van der Waals surface area (Å²) in [5.41, 5.74) is 1.69. The van der Waals surface area contributed by atoms with Crippen LogP contribution in [0.15, 0.2) is 5.51 Å². The van der Waals surface area contributed by atoms with Crippen LogP contribution in [0.5, 0.6) is 0 Å². The summed E-state index contributed by atoms with van der Waals surface area (Å²) in [6, 6.07) is 0. The van der Waals surface area contributed by atoms with E-state index in [9.17, 15) is 5.11 Å². The number of nitrogens with zero attached hydrogens (tertiary/aromatic N) is 2. The van der Waals surface area contributed by atoms with Crippen LogP contribution in [-0.2, 0) is 0 Å². The van der Waals surface area contributed by atoms with Gasteiger partial charge >= 0.3 is 0 Å². The van der Waals surface area contributed by atoms with Crippen LogP contribution in [0, 0.1) is 0 Å². The summed E-state index contributed by atoms with van der Waals surface area (Å²) < 4.78 is 0. The van der Waals surface area contributed by atoms with Crippen LogP contribution >= 0.6 is 11.3 Å². The minimum atomic E-state index is -0.289. The van der Waals surface area contributed by atoms with Crippen LogP contribution in [0.2, 0.25) is 0 Å². The summed E-state index contributed by atoms with van der Waals surface area (Å²) in [6.07, 6.45) is -0.289. The lowest BCUT2D eigenvalue weighted by atomic mass is 10.1. The summed E-state index contributed by atoms with van der Waals surface area (Å²) >= 11 is 1.50. The molecule has 2 heterocycles. The van der Waals surface area contributed by atoms with Crippen molar-refractivity contribution in [1.29, 1.82) is 0 Å². The normalized spacial score (nSPS) is 31.0. The Morgan fingerprint density at radius 1 is 1.64 bits per heavy atom. The van der Waals surface area contributed by atoms with Crippen molar-refractivity contribution in [2.75, 3.05) is 13.1 Å². The molecular formula is C6H9N3OS. The Hall–Kier alpha value is -0.520. The van der Waals surface area contributed by atoms with Gasteiger partial charge in [0.05, 0.1) is 12.0 Å². The van der Waals surface area contributed by atoms with Gasteiger partial charge in [0.15, 0.2) is 0 Å². The molecule has 1 fully saturated rings. The standard InChI is InChI=1S/C6H9N3OS/c10-5-2-7-1-4(5)6-9-8-3-11-6/h3-5,7,10H,1-2H2. The molecule has 2 unspecified atom stereocenters. The second-order valence-corrected chi connectivity index (χ2v) is 3.47. The van der Waals surface area contributed by atoms with Crippen molar-refractivity contribution in [1.82, 2.24) is 15.5 Å². The molecule has 5 heteroatoms. The van der Waals surface area contributed by atoms with Crippen molar-refractivity contribution in [2.24, 2.45) is 0 Å². The average Bonchev–Trinajstić information content (AvgIpc) is 2.55. The zero-order chi connectivity index (χ0) is 7.68. The molecule has 2 N–H and O–H groups in total. The number of β-amino-alcohol motifs (C(OH)–C–C–N with tert-alkyl or cyclic N) is 1. The van der Waals surface area contributed by atoms with Crippen molar-refractivity contribution in [3.05, 3.63) is 10.5 Å². The van der Waals surface area contributed by atoms with Crippen LogP contribution in [0.1, 0.15) is 10.9 Å². The Kier molecular flexibility index (Phi) is 1.85. The van der Waals surface area contributed by atoms with Gasteiger partial charge < -0.3 is 10.4 Å². The Balaban J connectivity index is 2.16. The van der Waals surface area contributed by atoms with Gasteiger partial charge in [-0.05, 0) is 0 Å². The lowest BCUT2D eigenvalue weighted by Gasteiger charge is -2.07. The summed E-state index contributed by atoms with van der Waals surface area (Å²) in [6.45, 7) is 1.49. The van der Waals surface area contributed by atoms with Crippen molar-refractivity contribution in [3.8, 4) is 0 Å². The third-order valence-electron chi connectivity index (χ3n) is 1.88. The molecule has 0 amide bonds. The summed E-state index contributed by atoms with van der Waals surface area (Å²) in [7, 11) is 0. The second-order valence-electron chi connectivity index (χ2n) is 2.61. The van der Waals surface area contributed by atoms with Crippen LogP contribution in [0.25, 0.3) is 0 Å². The molecule has 0 aromatic carbocycles. The molecule has 0 saturated carbocycles. The third-order valence-corrected chi connectivity index (χ3v) is 2.70. The van der Waals surface area contributed by atoms with Gasteiger partial charge in [0.1, 0.15) is 10.5 Å². The Bertz CT molecular complexity index is 226. The minimum absolute atomic E-state index is 0.155. The van der Waals surface area contributed by atoms with Gasteiger partial charge in [-0.3, -0.25) is 0 Å². The SMILES string of the molecule is OC1CNCC1c1nncs1. The van der Waals surface area contributed by atoms with Gasteiger partial charge in [0.2, 0.25) is 0 Å². The molecule has 1 aromatic heterocycles. The molecule has 1 saturated heterocycles. The van der Waals surface area contributed by atoms with E-state index in [-0.39, 0.29) is 12.0 Å². The van der Waals surface area contributed by atoms with E-state index in [1.165, 1.54) is 11.3 Å². The molecule has 0 bridgehead atoms. The highest BCUT2D eigenvalue weighted by molar-refractivity contribution is 7.09. The van der Waals surface area contributed by atoms with Gasteiger partial charge in [-0.2, -0.15) is 0 Å². The van der Waals surface area contributed by atoms with Gasteiger partial charge in [-0.1, -0.05) is 0 Å². The molecule has 0 radical (unpaired) electrons. The van der Waals surface area contributed by atoms with Crippen molar-refractivity contribution >= 4 is 11.3 Å². The van der Waals surface area contributed by atoms with E-state index in [1.54, 1.807) is 5.51 Å². The molecule has 0 aliphatic carbocycles. The number of hydrogen-bond donors (Lipinski definition) is 2. The monoisotopic (exact) mass is 171 g/mol. The number of nitrogens with one attached hydrogen (secondary N) is 1. The van der Waals surface area contributed by atoms with Gasteiger partial charge in [0, 0.05) is 13.1 Å². The van der Waals surface area contributed by atoms with Crippen LogP contribution < -0.4 is 5.32 Å². The molecule has 60 valence electrons. The number of aliphatic hydroxyl groups excluding tert-OH is 1. The predicted octanol–water partition coefficient (Wildman–Crippen LogP) is -0.414. The largest absolute Gasteiger partial charge is 0.391 e. The maximum absolute atomic E-state index is 9.44. The first kappa shape index (κ1) is 7.15. The lowest BCUT2D eigenvalue weighted by molar-refractivity contribution is 0.177. The van der Waals surface area contributed by atoms with Gasteiger partial charge in [-0.15, -0.1) is 21.5 Å². The first-order valence-corrected chi connectivity index (χ1v) is 4.41. The fraction of sp³-hybridized carbons (Fsp3) is 0.667. The maximum atomic E-state index is 9.44.